The number of nitrogens with zero attached hydrogens (tertiary/aromatic N) is 1. The Morgan fingerprint density at radius 1 is 1.44 bits per heavy atom. The number of hydrogen-bond acceptors (Lipinski definition) is 3. The highest BCUT2D eigenvalue weighted by Crippen LogP contribution is 2.22. The molecule has 0 saturated heterocycles. The van der Waals surface area contributed by atoms with Crippen LogP contribution < -0.4 is 0 Å². The molecule has 0 spiro atoms. The van der Waals surface area contributed by atoms with Crippen molar-refractivity contribution in [2.24, 2.45) is 0 Å². The lowest BCUT2D eigenvalue weighted by Crippen LogP contribution is -1.97. The van der Waals surface area contributed by atoms with E-state index in [4.69, 9.17) is 5.11 Å². The summed E-state index contributed by atoms with van der Waals surface area (Å²) in [5, 5.41) is 9.31. The van der Waals surface area contributed by atoms with Gasteiger partial charge < -0.3 is 5.11 Å². The van der Waals surface area contributed by atoms with Crippen LogP contribution in [0.1, 0.15) is 12.0 Å². The summed E-state index contributed by atoms with van der Waals surface area (Å²) in [6, 6.07) is 6.50. The Hall–Kier alpha value is -1.62. The van der Waals surface area contributed by atoms with Crippen LogP contribution in [-0.2, 0) is 10.5 Å². The van der Waals surface area contributed by atoms with Crippen molar-refractivity contribution < 1.29 is 14.3 Å². The van der Waals surface area contributed by atoms with Gasteiger partial charge in [0.15, 0.2) is 0 Å². The van der Waals surface area contributed by atoms with Crippen LogP contribution >= 0.6 is 11.8 Å². The van der Waals surface area contributed by atoms with Crippen LogP contribution in [0.15, 0.2) is 30.5 Å². The zero-order chi connectivity index (χ0) is 13.0. The molecular weight excluding hydrogens is 253 g/mol. The first-order chi connectivity index (χ1) is 8.66. The summed E-state index contributed by atoms with van der Waals surface area (Å²) in [4.78, 5) is 14.6. The third kappa shape index (κ3) is 3.20. The number of carbonyl (C=O) groups is 1. The minimum absolute atomic E-state index is 0.116. The molecule has 0 amide bonds. The van der Waals surface area contributed by atoms with E-state index in [2.05, 4.69) is 4.98 Å². The Labute approximate surface area is 108 Å². The maximum absolute atomic E-state index is 13.4. The average molecular weight is 265 g/mol. The molecule has 0 saturated carbocycles. The van der Waals surface area contributed by atoms with Crippen LogP contribution in [0.2, 0.25) is 0 Å². The Balaban J connectivity index is 2.14. The average Bonchev–Trinajstić information content (AvgIpc) is 2.34. The maximum Gasteiger partial charge on any atom is 0.304 e. The van der Waals surface area contributed by atoms with E-state index < -0.39 is 5.97 Å². The summed E-state index contributed by atoms with van der Waals surface area (Å²) >= 11 is 1.47. The van der Waals surface area contributed by atoms with Gasteiger partial charge in [-0.1, -0.05) is 6.07 Å². The third-order valence-corrected chi connectivity index (χ3v) is 3.47. The molecule has 2 rings (SSSR count). The fourth-order valence-electron chi connectivity index (χ4n) is 1.68. The van der Waals surface area contributed by atoms with Gasteiger partial charge in [-0.25, -0.2) is 4.39 Å². The number of aromatic nitrogens is 1. The van der Waals surface area contributed by atoms with Crippen molar-refractivity contribution in [3.05, 3.63) is 41.8 Å². The second kappa shape index (κ2) is 5.82. The number of fused-ring (bicyclic) bond motifs is 1. The summed E-state index contributed by atoms with van der Waals surface area (Å²) in [5.41, 5.74) is 1.59. The normalized spacial score (nSPS) is 10.7. The summed E-state index contributed by atoms with van der Waals surface area (Å²) in [6.07, 6.45) is 1.79. The number of carboxylic acid groups (broad SMARTS) is 1. The molecule has 0 bridgehead atoms. The molecule has 0 aliphatic carbocycles. The molecular formula is C13H12FNO2S. The van der Waals surface area contributed by atoms with Crippen LogP contribution in [-0.4, -0.2) is 21.8 Å². The van der Waals surface area contributed by atoms with Crippen molar-refractivity contribution in [3.8, 4) is 0 Å². The van der Waals surface area contributed by atoms with Crippen molar-refractivity contribution in [1.82, 2.24) is 4.98 Å². The largest absolute Gasteiger partial charge is 0.481 e. The van der Waals surface area contributed by atoms with Gasteiger partial charge in [0.25, 0.3) is 0 Å². The Bertz CT molecular complexity index is 574. The van der Waals surface area contributed by atoms with E-state index in [0.717, 1.165) is 16.5 Å². The van der Waals surface area contributed by atoms with Crippen LogP contribution in [0.4, 0.5) is 4.39 Å². The smallest absolute Gasteiger partial charge is 0.304 e. The van der Waals surface area contributed by atoms with E-state index in [1.54, 1.807) is 12.3 Å². The van der Waals surface area contributed by atoms with Crippen molar-refractivity contribution in [2.45, 2.75) is 12.2 Å². The molecule has 1 aromatic carbocycles. The molecule has 0 aliphatic heterocycles. The first-order valence-corrected chi connectivity index (χ1v) is 6.65. The molecule has 18 heavy (non-hydrogen) atoms. The van der Waals surface area contributed by atoms with Gasteiger partial charge >= 0.3 is 5.97 Å². The molecule has 3 nitrogen and oxygen atoms in total. The molecule has 94 valence electrons. The molecule has 0 atom stereocenters. The van der Waals surface area contributed by atoms with Gasteiger partial charge in [-0.15, -0.1) is 0 Å². The van der Waals surface area contributed by atoms with E-state index in [9.17, 15) is 9.18 Å². The summed E-state index contributed by atoms with van der Waals surface area (Å²) in [7, 11) is 0. The fraction of sp³-hybridized carbons (Fsp3) is 0.231. The van der Waals surface area contributed by atoms with Gasteiger partial charge in [0.1, 0.15) is 5.82 Å². The number of rotatable bonds is 5. The zero-order valence-electron chi connectivity index (χ0n) is 9.60. The van der Waals surface area contributed by atoms with E-state index in [-0.39, 0.29) is 12.2 Å². The third-order valence-electron chi connectivity index (χ3n) is 2.47. The molecule has 0 fully saturated rings. The lowest BCUT2D eigenvalue weighted by molar-refractivity contribution is -0.136. The van der Waals surface area contributed by atoms with Crippen LogP contribution in [0, 0.1) is 5.82 Å². The van der Waals surface area contributed by atoms with Gasteiger partial charge in [0.2, 0.25) is 0 Å². The van der Waals surface area contributed by atoms with E-state index >= 15 is 0 Å². The summed E-state index contributed by atoms with van der Waals surface area (Å²) in [5.74, 6) is -0.0207. The minimum Gasteiger partial charge on any atom is -0.481 e. The van der Waals surface area contributed by atoms with Crippen molar-refractivity contribution in [2.75, 3.05) is 5.75 Å². The Morgan fingerprint density at radius 2 is 2.28 bits per heavy atom. The van der Waals surface area contributed by atoms with Crippen LogP contribution in [0.3, 0.4) is 0 Å². The molecule has 1 aromatic heterocycles. The number of aliphatic carboxylic acids is 1. The number of benzene rings is 1. The van der Waals surface area contributed by atoms with E-state index in [1.807, 2.05) is 6.07 Å². The highest BCUT2D eigenvalue weighted by atomic mass is 32.2. The lowest BCUT2D eigenvalue weighted by atomic mass is 10.1. The SMILES string of the molecule is O=C(O)CCSCc1cc(F)cc2cccnc12. The monoisotopic (exact) mass is 265 g/mol. The fourth-order valence-corrected chi connectivity index (χ4v) is 2.58. The topological polar surface area (TPSA) is 50.2 Å². The maximum atomic E-state index is 13.4. The van der Waals surface area contributed by atoms with Crippen molar-refractivity contribution in [1.29, 1.82) is 0 Å². The Kier molecular flexibility index (Phi) is 4.15. The van der Waals surface area contributed by atoms with Gasteiger partial charge in [-0.3, -0.25) is 9.78 Å². The number of carboxylic acids is 1. The van der Waals surface area contributed by atoms with E-state index in [0.29, 0.717) is 11.5 Å². The summed E-state index contributed by atoms with van der Waals surface area (Å²) in [6.45, 7) is 0. The van der Waals surface area contributed by atoms with Gasteiger partial charge in [0.05, 0.1) is 11.9 Å². The quantitative estimate of drug-likeness (QED) is 0.844. The van der Waals surface area contributed by atoms with E-state index in [1.165, 1.54) is 23.9 Å². The number of hydrogen-bond donors (Lipinski definition) is 1. The second-order valence-electron chi connectivity index (χ2n) is 3.84. The lowest BCUT2D eigenvalue weighted by Gasteiger charge is -2.05. The predicted molar refractivity (Wildman–Crippen MR) is 70.1 cm³/mol. The number of pyridine rings is 1. The molecule has 5 heteroatoms. The molecule has 0 aliphatic rings. The standard InChI is InChI=1S/C13H12FNO2S/c14-11-6-9-2-1-4-15-13(9)10(7-11)8-18-5-3-12(16)17/h1-2,4,6-7H,3,5,8H2,(H,16,17). The van der Waals surface area contributed by atoms with Crippen LogP contribution in [0.25, 0.3) is 10.9 Å². The van der Waals surface area contributed by atoms with Crippen molar-refractivity contribution in [3.63, 3.8) is 0 Å². The Morgan fingerprint density at radius 3 is 3.06 bits per heavy atom. The van der Waals surface area contributed by atoms with Crippen molar-refractivity contribution >= 4 is 28.6 Å². The number of halogens is 1. The van der Waals surface area contributed by atoms with Crippen LogP contribution in [0.5, 0.6) is 0 Å². The first kappa shape index (κ1) is 12.8. The highest BCUT2D eigenvalue weighted by Gasteiger charge is 2.06. The molecule has 2 aromatic rings. The second-order valence-corrected chi connectivity index (χ2v) is 4.94. The molecule has 0 unspecified atom stereocenters. The van der Waals surface area contributed by atoms with Gasteiger partial charge in [-0.2, -0.15) is 11.8 Å². The highest BCUT2D eigenvalue weighted by molar-refractivity contribution is 7.98. The zero-order valence-corrected chi connectivity index (χ0v) is 10.4. The molecule has 0 radical (unpaired) electrons. The predicted octanol–water partition coefficient (Wildman–Crippen LogP) is 3.08. The summed E-state index contributed by atoms with van der Waals surface area (Å²) < 4.78 is 13.4. The van der Waals surface area contributed by atoms with Gasteiger partial charge in [0, 0.05) is 23.1 Å². The van der Waals surface area contributed by atoms with Gasteiger partial charge in [-0.05, 0) is 23.8 Å². The first-order valence-electron chi connectivity index (χ1n) is 5.49. The molecule has 1 N–H and O–H groups in total. The number of thioether (sulfide) groups is 1. The molecule has 1 heterocycles. The minimum atomic E-state index is -0.815.